The van der Waals surface area contributed by atoms with E-state index < -0.39 is 0 Å². The average molecular weight is 248 g/mol. The first-order valence-electron chi connectivity index (χ1n) is 6.79. The molecule has 0 heteroatoms. The molecule has 0 aliphatic heterocycles. The Morgan fingerprint density at radius 2 is 1.32 bits per heavy atom. The zero-order chi connectivity index (χ0) is 13.5. The predicted molar refractivity (Wildman–Crippen MR) is 84.5 cm³/mol. The molecular formula is C19H20. The molecule has 0 saturated heterocycles. The van der Waals surface area contributed by atoms with Gasteiger partial charge in [0.25, 0.3) is 0 Å². The number of aryl methyl sites for hydroxylation is 2. The van der Waals surface area contributed by atoms with E-state index in [1.807, 2.05) is 6.07 Å². The molecule has 0 fully saturated rings. The van der Waals surface area contributed by atoms with Crippen molar-refractivity contribution < 1.29 is 0 Å². The summed E-state index contributed by atoms with van der Waals surface area (Å²) in [5.74, 6) is 0. The van der Waals surface area contributed by atoms with Crippen molar-refractivity contribution in [3.05, 3.63) is 83.9 Å². The fraction of sp³-hybridized carbons (Fsp3) is 0.158. The van der Waals surface area contributed by atoms with Crippen LogP contribution in [0.5, 0.6) is 0 Å². The standard InChI is InChI=1S/C11H10.C8H10/c1-9-5-4-7-10-6-2-3-8-11(9)10;1-2-8-6-4-3-5-7-8/h2-8H,1H3;3-7H,2H2,1H3. The maximum atomic E-state index is 2.16. The second kappa shape index (κ2) is 6.75. The fourth-order valence-electron chi connectivity index (χ4n) is 2.10. The Balaban J connectivity index is 0.000000148. The summed E-state index contributed by atoms with van der Waals surface area (Å²) < 4.78 is 0. The number of hydrogen-bond acceptors (Lipinski definition) is 0. The Kier molecular flexibility index (Phi) is 4.74. The Bertz CT molecular complexity index is 618. The first kappa shape index (κ1) is 13.4. The van der Waals surface area contributed by atoms with Crippen LogP contribution < -0.4 is 0 Å². The minimum Gasteiger partial charge on any atom is -0.0622 e. The van der Waals surface area contributed by atoms with Gasteiger partial charge in [-0.1, -0.05) is 79.7 Å². The van der Waals surface area contributed by atoms with E-state index in [9.17, 15) is 0 Å². The van der Waals surface area contributed by atoms with Gasteiger partial charge in [-0.05, 0) is 35.2 Å². The fourth-order valence-corrected chi connectivity index (χ4v) is 2.10. The molecule has 0 atom stereocenters. The first-order valence-corrected chi connectivity index (χ1v) is 6.79. The van der Waals surface area contributed by atoms with Gasteiger partial charge in [0.2, 0.25) is 0 Å². The Morgan fingerprint density at radius 3 is 1.95 bits per heavy atom. The zero-order valence-corrected chi connectivity index (χ0v) is 11.6. The number of benzene rings is 3. The third-order valence-corrected chi connectivity index (χ3v) is 3.26. The molecule has 0 nitrogen and oxygen atoms in total. The zero-order valence-electron chi connectivity index (χ0n) is 11.6. The molecule has 3 aromatic carbocycles. The molecule has 96 valence electrons. The smallest absolute Gasteiger partial charge is 0.0155 e. The van der Waals surface area contributed by atoms with Crippen LogP contribution in [0, 0.1) is 6.92 Å². The van der Waals surface area contributed by atoms with Gasteiger partial charge < -0.3 is 0 Å². The third-order valence-electron chi connectivity index (χ3n) is 3.26. The summed E-state index contributed by atoms with van der Waals surface area (Å²) in [7, 11) is 0. The highest BCUT2D eigenvalue weighted by molar-refractivity contribution is 5.85. The minimum atomic E-state index is 1.14. The molecule has 3 rings (SSSR count). The van der Waals surface area contributed by atoms with E-state index in [0.29, 0.717) is 0 Å². The maximum absolute atomic E-state index is 2.16. The molecule has 19 heavy (non-hydrogen) atoms. The summed E-state index contributed by atoms with van der Waals surface area (Å²) in [5, 5.41) is 2.68. The van der Waals surface area contributed by atoms with Gasteiger partial charge >= 0.3 is 0 Å². The first-order chi connectivity index (χ1) is 9.31. The van der Waals surface area contributed by atoms with Crippen LogP contribution in [0.4, 0.5) is 0 Å². The summed E-state index contributed by atoms with van der Waals surface area (Å²) in [6.45, 7) is 4.30. The van der Waals surface area contributed by atoms with Crippen LogP contribution in [-0.4, -0.2) is 0 Å². The molecular weight excluding hydrogens is 228 g/mol. The Hall–Kier alpha value is -2.08. The molecule has 0 saturated carbocycles. The van der Waals surface area contributed by atoms with Crippen LogP contribution in [0.15, 0.2) is 72.8 Å². The quantitative estimate of drug-likeness (QED) is 0.541. The van der Waals surface area contributed by atoms with Crippen molar-refractivity contribution in [3.8, 4) is 0 Å². The SMILES string of the molecule is CCc1ccccc1.Cc1cccc2ccccc12. The summed E-state index contributed by atoms with van der Waals surface area (Å²) in [6, 6.07) is 25.3. The normalized spacial score (nSPS) is 9.79. The van der Waals surface area contributed by atoms with Crippen LogP contribution >= 0.6 is 0 Å². The molecule has 0 N–H and O–H groups in total. The van der Waals surface area contributed by atoms with E-state index in [0.717, 1.165) is 6.42 Å². The van der Waals surface area contributed by atoms with Gasteiger partial charge in [0.1, 0.15) is 0 Å². The van der Waals surface area contributed by atoms with E-state index >= 15 is 0 Å². The van der Waals surface area contributed by atoms with Crippen LogP contribution in [0.2, 0.25) is 0 Å². The van der Waals surface area contributed by atoms with Crippen LogP contribution in [0.3, 0.4) is 0 Å². The van der Waals surface area contributed by atoms with Gasteiger partial charge in [0.15, 0.2) is 0 Å². The van der Waals surface area contributed by atoms with Gasteiger partial charge in [-0.3, -0.25) is 0 Å². The molecule has 0 heterocycles. The third kappa shape index (κ3) is 3.69. The minimum absolute atomic E-state index is 1.14. The molecule has 0 radical (unpaired) electrons. The van der Waals surface area contributed by atoms with Crippen molar-refractivity contribution in [2.24, 2.45) is 0 Å². The van der Waals surface area contributed by atoms with Gasteiger partial charge in [0.05, 0.1) is 0 Å². The molecule has 0 aromatic heterocycles. The molecule has 0 aliphatic rings. The Morgan fingerprint density at radius 1 is 0.684 bits per heavy atom. The van der Waals surface area contributed by atoms with Crippen LogP contribution in [0.1, 0.15) is 18.1 Å². The van der Waals surface area contributed by atoms with E-state index in [1.54, 1.807) is 0 Å². The average Bonchev–Trinajstić information content (AvgIpc) is 2.49. The van der Waals surface area contributed by atoms with Gasteiger partial charge in [0, 0.05) is 0 Å². The molecule has 0 spiro atoms. The molecule has 0 aliphatic carbocycles. The van der Waals surface area contributed by atoms with Crippen molar-refractivity contribution in [2.45, 2.75) is 20.3 Å². The van der Waals surface area contributed by atoms with E-state index in [1.165, 1.54) is 21.9 Å². The van der Waals surface area contributed by atoms with Crippen LogP contribution in [-0.2, 0) is 6.42 Å². The summed E-state index contributed by atoms with van der Waals surface area (Å²) in [6.07, 6.45) is 1.14. The number of rotatable bonds is 1. The van der Waals surface area contributed by atoms with Crippen molar-refractivity contribution in [1.29, 1.82) is 0 Å². The van der Waals surface area contributed by atoms with E-state index in [4.69, 9.17) is 0 Å². The lowest BCUT2D eigenvalue weighted by molar-refractivity contribution is 1.14. The molecule has 3 aromatic rings. The number of fused-ring (bicyclic) bond motifs is 1. The summed E-state index contributed by atoms with van der Waals surface area (Å²) in [5.41, 5.74) is 2.76. The largest absolute Gasteiger partial charge is 0.0622 e. The van der Waals surface area contributed by atoms with E-state index in [2.05, 4.69) is 80.6 Å². The summed E-state index contributed by atoms with van der Waals surface area (Å²) >= 11 is 0. The highest BCUT2D eigenvalue weighted by Gasteiger charge is 1.92. The lowest BCUT2D eigenvalue weighted by Gasteiger charge is -1.98. The summed E-state index contributed by atoms with van der Waals surface area (Å²) in [4.78, 5) is 0. The maximum Gasteiger partial charge on any atom is -0.0155 e. The topological polar surface area (TPSA) is 0 Å². The molecule has 0 bridgehead atoms. The number of hydrogen-bond donors (Lipinski definition) is 0. The highest BCUT2D eigenvalue weighted by Crippen LogP contribution is 2.16. The lowest BCUT2D eigenvalue weighted by atomic mass is 10.1. The second-order valence-corrected chi connectivity index (χ2v) is 4.64. The van der Waals surface area contributed by atoms with Crippen molar-refractivity contribution >= 4 is 10.8 Å². The second-order valence-electron chi connectivity index (χ2n) is 4.64. The lowest BCUT2D eigenvalue weighted by Crippen LogP contribution is -1.75. The predicted octanol–water partition coefficient (Wildman–Crippen LogP) is 5.40. The van der Waals surface area contributed by atoms with Gasteiger partial charge in [-0.2, -0.15) is 0 Å². The monoisotopic (exact) mass is 248 g/mol. The molecule has 0 amide bonds. The van der Waals surface area contributed by atoms with Crippen LogP contribution in [0.25, 0.3) is 10.8 Å². The Labute approximate surface area is 115 Å². The van der Waals surface area contributed by atoms with Gasteiger partial charge in [-0.25, -0.2) is 0 Å². The van der Waals surface area contributed by atoms with Crippen molar-refractivity contribution in [2.75, 3.05) is 0 Å². The van der Waals surface area contributed by atoms with Gasteiger partial charge in [-0.15, -0.1) is 0 Å². The molecule has 0 unspecified atom stereocenters. The highest BCUT2D eigenvalue weighted by atomic mass is 14.0. The van der Waals surface area contributed by atoms with E-state index in [-0.39, 0.29) is 0 Å². The van der Waals surface area contributed by atoms with Crippen molar-refractivity contribution in [1.82, 2.24) is 0 Å². The van der Waals surface area contributed by atoms with Crippen molar-refractivity contribution in [3.63, 3.8) is 0 Å².